The SMILES string of the molecule is N/C(=N/OCC(=O)N(CCc1ccccc1)Cc1ccccc1)c1cccc(CN2CCOCC2)c1. The van der Waals surface area contributed by atoms with Gasteiger partial charge in [0.05, 0.1) is 13.2 Å². The number of benzene rings is 3. The van der Waals surface area contributed by atoms with Crippen LogP contribution in [0.4, 0.5) is 0 Å². The first kappa shape index (κ1) is 25.4. The number of oxime groups is 1. The van der Waals surface area contributed by atoms with Crippen molar-refractivity contribution in [3.63, 3.8) is 0 Å². The minimum absolute atomic E-state index is 0.132. The molecule has 1 saturated heterocycles. The number of amides is 1. The molecule has 0 radical (unpaired) electrons. The molecule has 188 valence electrons. The van der Waals surface area contributed by atoms with Gasteiger partial charge in [0.25, 0.3) is 5.91 Å². The zero-order chi connectivity index (χ0) is 25.0. The first-order valence-electron chi connectivity index (χ1n) is 12.4. The molecule has 0 atom stereocenters. The standard InChI is InChI=1S/C29H34N4O3/c30-29(27-13-7-12-26(20-27)21-32-16-18-35-19-17-32)31-36-23-28(34)33(22-25-10-5-2-6-11-25)15-14-24-8-3-1-4-9-24/h1-13,20H,14-19,21-23H2,(H2,30,31). The highest BCUT2D eigenvalue weighted by molar-refractivity contribution is 5.97. The third-order valence-electron chi connectivity index (χ3n) is 6.17. The van der Waals surface area contributed by atoms with Crippen LogP contribution < -0.4 is 5.73 Å². The van der Waals surface area contributed by atoms with E-state index in [-0.39, 0.29) is 18.3 Å². The average molecular weight is 487 g/mol. The predicted octanol–water partition coefficient (Wildman–Crippen LogP) is 3.43. The summed E-state index contributed by atoms with van der Waals surface area (Å²) in [6.07, 6.45) is 0.765. The maximum atomic E-state index is 13.0. The Balaban J connectivity index is 1.34. The van der Waals surface area contributed by atoms with Gasteiger partial charge < -0.3 is 20.2 Å². The zero-order valence-electron chi connectivity index (χ0n) is 20.6. The van der Waals surface area contributed by atoms with Gasteiger partial charge in [0.15, 0.2) is 12.4 Å². The van der Waals surface area contributed by atoms with E-state index in [1.807, 2.05) is 66.7 Å². The van der Waals surface area contributed by atoms with Gasteiger partial charge in [-0.2, -0.15) is 0 Å². The van der Waals surface area contributed by atoms with E-state index in [1.54, 1.807) is 4.90 Å². The minimum atomic E-state index is -0.171. The van der Waals surface area contributed by atoms with E-state index >= 15 is 0 Å². The monoisotopic (exact) mass is 486 g/mol. The Morgan fingerprint density at radius 1 is 0.917 bits per heavy atom. The molecule has 3 aromatic rings. The van der Waals surface area contributed by atoms with Crippen molar-refractivity contribution in [2.75, 3.05) is 39.5 Å². The number of carbonyl (C=O) groups is 1. The summed E-state index contributed by atoms with van der Waals surface area (Å²) in [5, 5.41) is 4.04. The van der Waals surface area contributed by atoms with Gasteiger partial charge in [-0.05, 0) is 29.2 Å². The Hall–Kier alpha value is -3.68. The van der Waals surface area contributed by atoms with Crippen molar-refractivity contribution in [1.29, 1.82) is 0 Å². The van der Waals surface area contributed by atoms with Crippen LogP contribution in [0.15, 0.2) is 90.1 Å². The minimum Gasteiger partial charge on any atom is -0.384 e. The lowest BCUT2D eigenvalue weighted by atomic mass is 10.1. The molecule has 0 saturated carbocycles. The molecule has 1 heterocycles. The summed E-state index contributed by atoms with van der Waals surface area (Å²) in [5.41, 5.74) is 10.4. The van der Waals surface area contributed by atoms with Crippen molar-refractivity contribution in [2.24, 2.45) is 10.9 Å². The number of rotatable bonds is 11. The molecule has 4 rings (SSSR count). The second kappa shape index (κ2) is 13.4. The van der Waals surface area contributed by atoms with Crippen LogP contribution in [0.25, 0.3) is 0 Å². The summed E-state index contributed by atoms with van der Waals surface area (Å²) < 4.78 is 5.42. The summed E-state index contributed by atoms with van der Waals surface area (Å²) in [6.45, 7) is 5.12. The number of amidine groups is 1. The Morgan fingerprint density at radius 3 is 2.31 bits per heavy atom. The lowest BCUT2D eigenvalue weighted by molar-refractivity contribution is -0.136. The maximum absolute atomic E-state index is 13.0. The van der Waals surface area contributed by atoms with Crippen LogP contribution in [0.3, 0.4) is 0 Å². The van der Waals surface area contributed by atoms with Crippen molar-refractivity contribution in [3.8, 4) is 0 Å². The van der Waals surface area contributed by atoms with E-state index in [0.29, 0.717) is 13.1 Å². The first-order valence-corrected chi connectivity index (χ1v) is 12.4. The van der Waals surface area contributed by atoms with Gasteiger partial charge in [-0.3, -0.25) is 9.69 Å². The maximum Gasteiger partial charge on any atom is 0.263 e. The van der Waals surface area contributed by atoms with Gasteiger partial charge >= 0.3 is 0 Å². The van der Waals surface area contributed by atoms with Crippen molar-refractivity contribution in [2.45, 2.75) is 19.5 Å². The van der Waals surface area contributed by atoms with Gasteiger partial charge in [-0.15, -0.1) is 0 Å². The fourth-order valence-electron chi connectivity index (χ4n) is 4.15. The normalized spacial score (nSPS) is 14.4. The number of carbonyl (C=O) groups excluding carboxylic acids is 1. The molecule has 1 amide bonds. The van der Waals surface area contributed by atoms with E-state index in [0.717, 1.165) is 56.0 Å². The molecule has 0 aliphatic carbocycles. The van der Waals surface area contributed by atoms with Crippen LogP contribution in [0.1, 0.15) is 22.3 Å². The van der Waals surface area contributed by atoms with Crippen LogP contribution in [0.5, 0.6) is 0 Å². The summed E-state index contributed by atoms with van der Waals surface area (Å²) in [5.74, 6) is 0.123. The topological polar surface area (TPSA) is 80.4 Å². The van der Waals surface area contributed by atoms with Crippen molar-refractivity contribution in [1.82, 2.24) is 9.80 Å². The smallest absolute Gasteiger partial charge is 0.263 e. The molecule has 7 heteroatoms. The Morgan fingerprint density at radius 2 is 1.58 bits per heavy atom. The molecule has 0 bridgehead atoms. The molecule has 3 aromatic carbocycles. The molecular formula is C29H34N4O3. The molecule has 1 aliphatic heterocycles. The fraction of sp³-hybridized carbons (Fsp3) is 0.310. The van der Waals surface area contributed by atoms with Crippen LogP contribution in [-0.4, -0.2) is 61.0 Å². The summed E-state index contributed by atoms with van der Waals surface area (Å²) in [7, 11) is 0. The summed E-state index contributed by atoms with van der Waals surface area (Å²) in [4.78, 5) is 22.6. The molecular weight excluding hydrogens is 452 g/mol. The summed E-state index contributed by atoms with van der Waals surface area (Å²) in [6, 6.07) is 28.1. The lowest BCUT2D eigenvalue weighted by Gasteiger charge is -2.26. The van der Waals surface area contributed by atoms with Crippen molar-refractivity contribution < 1.29 is 14.4 Å². The second-order valence-electron chi connectivity index (χ2n) is 8.88. The number of hydrogen-bond donors (Lipinski definition) is 1. The lowest BCUT2D eigenvalue weighted by Crippen LogP contribution is -2.35. The number of ether oxygens (including phenoxy) is 1. The van der Waals surface area contributed by atoms with Gasteiger partial charge in [0.2, 0.25) is 0 Å². The van der Waals surface area contributed by atoms with Crippen LogP contribution in [0.2, 0.25) is 0 Å². The third kappa shape index (κ3) is 7.93. The molecule has 2 N–H and O–H groups in total. The first-order chi connectivity index (χ1) is 17.7. The number of nitrogens with zero attached hydrogens (tertiary/aromatic N) is 3. The number of nitrogens with two attached hydrogens (primary N) is 1. The van der Waals surface area contributed by atoms with Crippen LogP contribution in [0, 0.1) is 0 Å². The van der Waals surface area contributed by atoms with E-state index in [9.17, 15) is 4.79 Å². The van der Waals surface area contributed by atoms with Gasteiger partial charge in [0, 0.05) is 38.3 Å². The van der Waals surface area contributed by atoms with E-state index in [1.165, 1.54) is 5.56 Å². The molecule has 0 unspecified atom stereocenters. The third-order valence-corrected chi connectivity index (χ3v) is 6.17. The largest absolute Gasteiger partial charge is 0.384 e. The number of morpholine rings is 1. The summed E-state index contributed by atoms with van der Waals surface area (Å²) >= 11 is 0. The fourth-order valence-corrected chi connectivity index (χ4v) is 4.15. The highest BCUT2D eigenvalue weighted by atomic mass is 16.6. The molecule has 0 aromatic heterocycles. The molecule has 1 fully saturated rings. The van der Waals surface area contributed by atoms with Crippen LogP contribution in [-0.2, 0) is 33.9 Å². The van der Waals surface area contributed by atoms with Crippen molar-refractivity contribution >= 4 is 11.7 Å². The molecule has 7 nitrogen and oxygen atoms in total. The van der Waals surface area contributed by atoms with Gasteiger partial charge in [-0.1, -0.05) is 84.0 Å². The van der Waals surface area contributed by atoms with Gasteiger partial charge in [0.1, 0.15) is 0 Å². The van der Waals surface area contributed by atoms with E-state index in [2.05, 4.69) is 28.3 Å². The highest BCUT2D eigenvalue weighted by Crippen LogP contribution is 2.11. The Bertz CT molecular complexity index is 1120. The zero-order valence-corrected chi connectivity index (χ0v) is 20.6. The average Bonchev–Trinajstić information content (AvgIpc) is 2.93. The predicted molar refractivity (Wildman–Crippen MR) is 141 cm³/mol. The van der Waals surface area contributed by atoms with Gasteiger partial charge in [-0.25, -0.2) is 0 Å². The molecule has 0 spiro atoms. The highest BCUT2D eigenvalue weighted by Gasteiger charge is 2.16. The van der Waals surface area contributed by atoms with E-state index in [4.69, 9.17) is 15.3 Å². The van der Waals surface area contributed by atoms with Crippen molar-refractivity contribution in [3.05, 3.63) is 107 Å². The van der Waals surface area contributed by atoms with Crippen LogP contribution >= 0.6 is 0 Å². The Kier molecular flexibility index (Phi) is 9.47. The molecule has 1 aliphatic rings. The Labute approximate surface area is 213 Å². The second-order valence-corrected chi connectivity index (χ2v) is 8.88. The number of hydrogen-bond acceptors (Lipinski definition) is 5. The van der Waals surface area contributed by atoms with E-state index < -0.39 is 0 Å². The molecule has 36 heavy (non-hydrogen) atoms. The quantitative estimate of drug-likeness (QED) is 0.255.